The Morgan fingerprint density at radius 3 is 2.62 bits per heavy atom. The lowest BCUT2D eigenvalue weighted by Crippen LogP contribution is -2.30. The summed E-state index contributed by atoms with van der Waals surface area (Å²) in [6, 6.07) is 18.4. The Hall–Kier alpha value is -3.08. The van der Waals surface area contributed by atoms with Gasteiger partial charge in [0.25, 0.3) is 5.56 Å². The fraction of sp³-hybridized carbons (Fsp3) is 0.158. The second kappa shape index (κ2) is 7.00. The highest BCUT2D eigenvalue weighted by Crippen LogP contribution is 2.14. The zero-order chi connectivity index (χ0) is 16.9. The van der Waals surface area contributed by atoms with Gasteiger partial charge in [0, 0.05) is 18.0 Å². The Morgan fingerprint density at radius 2 is 1.88 bits per heavy atom. The molecule has 0 atom stereocenters. The van der Waals surface area contributed by atoms with Crippen molar-refractivity contribution in [3.8, 4) is 0 Å². The molecule has 0 radical (unpaired) electrons. The molecule has 2 aromatic carbocycles. The van der Waals surface area contributed by atoms with Crippen molar-refractivity contribution >= 4 is 16.9 Å². The summed E-state index contributed by atoms with van der Waals surface area (Å²) in [5.74, 6) is -0.397. The summed E-state index contributed by atoms with van der Waals surface area (Å²) in [7, 11) is 1.35. The minimum atomic E-state index is -0.397. The molecule has 0 aliphatic heterocycles. The quantitative estimate of drug-likeness (QED) is 0.734. The lowest BCUT2D eigenvalue weighted by molar-refractivity contribution is 0.0601. The monoisotopic (exact) mass is 322 g/mol. The SMILES string of the molecule is COC(=O)c1ccc2c(ccc(=O)n2NCCc2ccccc2)c1. The van der Waals surface area contributed by atoms with Crippen LogP contribution < -0.4 is 11.0 Å². The molecule has 0 bridgehead atoms. The number of methoxy groups -OCH3 is 1. The highest BCUT2D eigenvalue weighted by Gasteiger charge is 2.08. The smallest absolute Gasteiger partial charge is 0.337 e. The molecule has 1 aromatic heterocycles. The molecule has 0 amide bonds. The Labute approximate surface area is 139 Å². The van der Waals surface area contributed by atoms with Gasteiger partial charge in [0.2, 0.25) is 0 Å². The molecule has 1 N–H and O–H groups in total. The first-order valence-electron chi connectivity index (χ1n) is 7.71. The van der Waals surface area contributed by atoms with E-state index in [4.69, 9.17) is 4.74 Å². The zero-order valence-corrected chi connectivity index (χ0v) is 13.4. The van der Waals surface area contributed by atoms with Crippen molar-refractivity contribution in [2.24, 2.45) is 0 Å². The molecule has 0 aliphatic rings. The van der Waals surface area contributed by atoms with Gasteiger partial charge in [-0.25, -0.2) is 9.47 Å². The highest BCUT2D eigenvalue weighted by molar-refractivity contribution is 5.94. The van der Waals surface area contributed by atoms with E-state index < -0.39 is 5.97 Å². The number of hydrogen-bond acceptors (Lipinski definition) is 4. The molecule has 0 unspecified atom stereocenters. The maximum absolute atomic E-state index is 12.2. The van der Waals surface area contributed by atoms with Gasteiger partial charge in [0.05, 0.1) is 18.2 Å². The van der Waals surface area contributed by atoms with Crippen molar-refractivity contribution < 1.29 is 9.53 Å². The molecule has 3 rings (SSSR count). The van der Waals surface area contributed by atoms with Gasteiger partial charge in [-0.1, -0.05) is 30.3 Å². The van der Waals surface area contributed by atoms with Crippen LogP contribution >= 0.6 is 0 Å². The van der Waals surface area contributed by atoms with Crippen molar-refractivity contribution in [3.63, 3.8) is 0 Å². The van der Waals surface area contributed by atoms with Crippen LogP contribution in [0.5, 0.6) is 0 Å². The number of pyridine rings is 1. The van der Waals surface area contributed by atoms with E-state index in [1.54, 1.807) is 24.3 Å². The van der Waals surface area contributed by atoms with E-state index in [1.807, 2.05) is 18.2 Å². The minimum absolute atomic E-state index is 0.138. The summed E-state index contributed by atoms with van der Waals surface area (Å²) in [4.78, 5) is 23.8. The Bertz CT molecular complexity index is 917. The van der Waals surface area contributed by atoms with Gasteiger partial charge in [0.15, 0.2) is 0 Å². The van der Waals surface area contributed by atoms with Crippen LogP contribution in [-0.4, -0.2) is 24.3 Å². The van der Waals surface area contributed by atoms with Crippen LogP contribution in [0.15, 0.2) is 65.5 Å². The number of carbonyl (C=O) groups is 1. The topological polar surface area (TPSA) is 60.3 Å². The molecular formula is C19H18N2O3. The fourth-order valence-corrected chi connectivity index (χ4v) is 2.61. The Morgan fingerprint density at radius 1 is 1.08 bits per heavy atom. The van der Waals surface area contributed by atoms with Crippen molar-refractivity contribution in [1.29, 1.82) is 0 Å². The van der Waals surface area contributed by atoms with Gasteiger partial charge < -0.3 is 10.2 Å². The lowest BCUT2D eigenvalue weighted by Gasteiger charge is -2.13. The molecule has 0 fully saturated rings. The summed E-state index contributed by atoms with van der Waals surface area (Å²) >= 11 is 0. The van der Waals surface area contributed by atoms with Crippen LogP contribution in [0.1, 0.15) is 15.9 Å². The van der Waals surface area contributed by atoms with Crippen LogP contribution in [0.2, 0.25) is 0 Å². The summed E-state index contributed by atoms with van der Waals surface area (Å²) in [5, 5.41) is 0.796. The second-order valence-corrected chi connectivity index (χ2v) is 5.42. The number of nitrogens with zero attached hydrogens (tertiary/aromatic N) is 1. The van der Waals surface area contributed by atoms with Crippen LogP contribution in [0.3, 0.4) is 0 Å². The van der Waals surface area contributed by atoms with E-state index in [2.05, 4.69) is 17.6 Å². The second-order valence-electron chi connectivity index (χ2n) is 5.42. The maximum atomic E-state index is 12.2. The van der Waals surface area contributed by atoms with E-state index in [1.165, 1.54) is 23.4 Å². The average Bonchev–Trinajstić information content (AvgIpc) is 2.63. The maximum Gasteiger partial charge on any atom is 0.337 e. The summed E-state index contributed by atoms with van der Waals surface area (Å²) in [5.41, 5.74) is 5.40. The lowest BCUT2D eigenvalue weighted by atomic mass is 10.1. The van der Waals surface area contributed by atoms with Gasteiger partial charge in [-0.2, -0.15) is 0 Å². The standard InChI is InChI=1S/C19H18N2O3/c1-24-19(23)16-7-9-17-15(13-16)8-10-18(22)21(17)20-12-11-14-5-3-2-4-6-14/h2-10,13,20H,11-12H2,1H3. The predicted molar refractivity (Wildman–Crippen MR) is 93.9 cm³/mol. The number of carbonyl (C=O) groups excluding carboxylic acids is 1. The third-order valence-electron chi connectivity index (χ3n) is 3.84. The molecule has 5 heteroatoms. The van der Waals surface area contributed by atoms with E-state index in [0.717, 1.165) is 17.3 Å². The predicted octanol–water partition coefficient (Wildman–Crippen LogP) is 2.57. The van der Waals surface area contributed by atoms with Gasteiger partial charge in [-0.15, -0.1) is 0 Å². The number of esters is 1. The van der Waals surface area contributed by atoms with Crippen molar-refractivity contribution in [2.75, 3.05) is 19.1 Å². The van der Waals surface area contributed by atoms with E-state index in [0.29, 0.717) is 12.1 Å². The Balaban J connectivity index is 1.85. The highest BCUT2D eigenvalue weighted by atomic mass is 16.5. The molecule has 0 saturated carbocycles. The number of nitrogens with one attached hydrogen (secondary N) is 1. The molecule has 122 valence electrons. The molecular weight excluding hydrogens is 304 g/mol. The van der Waals surface area contributed by atoms with Gasteiger partial charge >= 0.3 is 5.97 Å². The number of benzene rings is 2. The van der Waals surface area contributed by atoms with E-state index in [9.17, 15) is 9.59 Å². The van der Waals surface area contributed by atoms with E-state index >= 15 is 0 Å². The van der Waals surface area contributed by atoms with Crippen LogP contribution in [0.4, 0.5) is 0 Å². The number of hydrogen-bond donors (Lipinski definition) is 1. The largest absolute Gasteiger partial charge is 0.465 e. The number of rotatable bonds is 5. The molecule has 1 heterocycles. The summed E-state index contributed by atoms with van der Waals surface area (Å²) in [6.45, 7) is 0.627. The molecule has 0 saturated heterocycles. The van der Waals surface area contributed by atoms with Crippen LogP contribution in [0.25, 0.3) is 10.9 Å². The average molecular weight is 322 g/mol. The van der Waals surface area contributed by atoms with Crippen molar-refractivity contribution in [2.45, 2.75) is 6.42 Å². The van der Waals surface area contributed by atoms with Gasteiger partial charge in [0.1, 0.15) is 0 Å². The first kappa shape index (κ1) is 15.8. The third-order valence-corrected chi connectivity index (χ3v) is 3.84. The Kier molecular flexibility index (Phi) is 4.61. The van der Waals surface area contributed by atoms with Crippen LogP contribution in [0, 0.1) is 0 Å². The number of aromatic nitrogens is 1. The fourth-order valence-electron chi connectivity index (χ4n) is 2.61. The molecule has 5 nitrogen and oxygen atoms in total. The molecule has 0 spiro atoms. The zero-order valence-electron chi connectivity index (χ0n) is 13.4. The number of fused-ring (bicyclic) bond motifs is 1. The van der Waals surface area contributed by atoms with Crippen LogP contribution in [-0.2, 0) is 11.2 Å². The van der Waals surface area contributed by atoms with Gasteiger partial charge in [-0.3, -0.25) is 4.79 Å². The first-order valence-corrected chi connectivity index (χ1v) is 7.71. The van der Waals surface area contributed by atoms with E-state index in [-0.39, 0.29) is 5.56 Å². The van der Waals surface area contributed by atoms with Crippen molar-refractivity contribution in [3.05, 3.63) is 82.1 Å². The van der Waals surface area contributed by atoms with Crippen molar-refractivity contribution in [1.82, 2.24) is 4.68 Å². The summed E-state index contributed by atoms with van der Waals surface area (Å²) < 4.78 is 6.24. The molecule has 3 aromatic rings. The summed E-state index contributed by atoms with van der Waals surface area (Å²) in [6.07, 6.45) is 0.809. The normalized spacial score (nSPS) is 10.5. The number of ether oxygens (including phenoxy) is 1. The third kappa shape index (κ3) is 3.30. The molecule has 0 aliphatic carbocycles. The van der Waals surface area contributed by atoms with Gasteiger partial charge in [-0.05, 0) is 36.2 Å². The first-order chi connectivity index (χ1) is 11.7. The minimum Gasteiger partial charge on any atom is -0.465 e. The molecule has 24 heavy (non-hydrogen) atoms.